The van der Waals surface area contributed by atoms with Crippen LogP contribution in [0.3, 0.4) is 0 Å². The summed E-state index contributed by atoms with van der Waals surface area (Å²) >= 11 is 0. The van der Waals surface area contributed by atoms with Gasteiger partial charge in [0.25, 0.3) is 5.91 Å². The third-order valence-corrected chi connectivity index (χ3v) is 7.87. The summed E-state index contributed by atoms with van der Waals surface area (Å²) < 4.78 is 0. The predicted molar refractivity (Wildman–Crippen MR) is 125 cm³/mol. The summed E-state index contributed by atoms with van der Waals surface area (Å²) in [6, 6.07) is 10.6. The van der Waals surface area contributed by atoms with Gasteiger partial charge in [0.15, 0.2) is 0 Å². The number of carbonyl (C=O) groups excluding carboxylic acids is 1. The van der Waals surface area contributed by atoms with Crippen LogP contribution in [0, 0.1) is 11.8 Å². The molecule has 3 saturated heterocycles. The summed E-state index contributed by atoms with van der Waals surface area (Å²) in [5.74, 6) is 2.00. The number of fused-ring (bicyclic) bond motifs is 6. The van der Waals surface area contributed by atoms with Crippen LogP contribution in [0.2, 0.25) is 0 Å². The molecule has 0 radical (unpaired) electrons. The Bertz CT molecular complexity index is 1000. The molecule has 0 spiro atoms. The van der Waals surface area contributed by atoms with Crippen LogP contribution in [0.1, 0.15) is 48.9 Å². The average Bonchev–Trinajstić information content (AvgIpc) is 2.84. The fraction of sp³-hybridized carbons (Fsp3) is 0.500. The second-order valence-corrected chi connectivity index (χ2v) is 9.78. The number of rotatable bonds is 3. The third kappa shape index (κ3) is 3.60. The van der Waals surface area contributed by atoms with E-state index in [9.17, 15) is 4.79 Å². The maximum Gasteiger partial charge on any atom is 0.254 e. The molecular formula is C26H31N5O. The number of benzene rings is 1. The normalized spacial score (nSPS) is 29.5. The lowest BCUT2D eigenvalue weighted by molar-refractivity contribution is 0.00148. The zero-order valence-electron chi connectivity index (χ0n) is 18.5. The molecule has 4 heterocycles. The van der Waals surface area contributed by atoms with Gasteiger partial charge in [-0.3, -0.25) is 9.69 Å². The molecule has 2 aromatic rings. The van der Waals surface area contributed by atoms with E-state index in [-0.39, 0.29) is 11.9 Å². The van der Waals surface area contributed by atoms with Crippen molar-refractivity contribution in [3.8, 4) is 0 Å². The molecule has 4 atom stereocenters. The molecule has 0 saturated carbocycles. The highest BCUT2D eigenvalue weighted by Gasteiger charge is 2.46. The van der Waals surface area contributed by atoms with Crippen molar-refractivity contribution in [1.82, 2.24) is 19.8 Å². The summed E-state index contributed by atoms with van der Waals surface area (Å²) in [6.45, 7) is 3.26. The number of anilines is 2. The highest BCUT2D eigenvalue weighted by molar-refractivity contribution is 5.95. The lowest BCUT2D eigenvalue weighted by atomic mass is 9.68. The van der Waals surface area contributed by atoms with Gasteiger partial charge in [0.1, 0.15) is 0 Å². The maximum absolute atomic E-state index is 13.6. The molecule has 3 fully saturated rings. The van der Waals surface area contributed by atoms with Gasteiger partial charge in [0.2, 0.25) is 5.95 Å². The molecule has 4 aliphatic rings. The van der Waals surface area contributed by atoms with E-state index < -0.39 is 0 Å². The van der Waals surface area contributed by atoms with E-state index in [4.69, 9.17) is 0 Å². The molecule has 6 rings (SSSR count). The summed E-state index contributed by atoms with van der Waals surface area (Å²) in [7, 11) is 0. The maximum atomic E-state index is 13.6. The monoisotopic (exact) mass is 429 g/mol. The number of nitrogens with zero attached hydrogens (tertiary/aromatic N) is 4. The SMILES string of the molecule is O=C(c1ccc(Nc2ncccn2)cc1)N1CCCC2=C[C@@H]3C[C@@H](CN4CCCC[C@H]34)[C@@H]21. The summed E-state index contributed by atoms with van der Waals surface area (Å²) in [5.41, 5.74) is 3.19. The highest BCUT2D eigenvalue weighted by atomic mass is 16.2. The Morgan fingerprint density at radius 1 is 1.03 bits per heavy atom. The first-order valence-corrected chi connectivity index (χ1v) is 12.2. The molecule has 32 heavy (non-hydrogen) atoms. The minimum absolute atomic E-state index is 0.169. The van der Waals surface area contributed by atoms with Gasteiger partial charge in [-0.05, 0) is 80.8 Å². The summed E-state index contributed by atoms with van der Waals surface area (Å²) in [4.78, 5) is 26.9. The van der Waals surface area contributed by atoms with Crippen molar-refractivity contribution >= 4 is 17.5 Å². The molecule has 3 aliphatic heterocycles. The molecule has 2 bridgehead atoms. The number of nitrogens with one attached hydrogen (secondary N) is 1. The minimum Gasteiger partial charge on any atom is -0.332 e. The van der Waals surface area contributed by atoms with Gasteiger partial charge in [-0.2, -0.15) is 0 Å². The quantitative estimate of drug-likeness (QED) is 0.739. The fourth-order valence-electron chi connectivity index (χ4n) is 6.56. The molecule has 0 unspecified atom stereocenters. The predicted octanol–water partition coefficient (Wildman–Crippen LogP) is 4.26. The lowest BCUT2D eigenvalue weighted by Crippen LogP contribution is -2.60. The van der Waals surface area contributed by atoms with Gasteiger partial charge in [0, 0.05) is 42.8 Å². The van der Waals surface area contributed by atoms with Crippen molar-refractivity contribution in [2.75, 3.05) is 25.0 Å². The Labute approximate surface area is 189 Å². The largest absolute Gasteiger partial charge is 0.332 e. The number of amides is 1. The van der Waals surface area contributed by atoms with Gasteiger partial charge >= 0.3 is 0 Å². The van der Waals surface area contributed by atoms with Crippen molar-refractivity contribution in [1.29, 1.82) is 0 Å². The van der Waals surface area contributed by atoms with Gasteiger partial charge in [-0.25, -0.2) is 9.97 Å². The zero-order valence-corrected chi connectivity index (χ0v) is 18.5. The van der Waals surface area contributed by atoms with Crippen LogP contribution in [0.4, 0.5) is 11.6 Å². The van der Waals surface area contributed by atoms with Crippen LogP contribution >= 0.6 is 0 Å². The van der Waals surface area contributed by atoms with E-state index in [0.29, 0.717) is 17.8 Å². The Hall–Kier alpha value is -2.73. The van der Waals surface area contributed by atoms with Gasteiger partial charge in [0.05, 0.1) is 6.04 Å². The number of aromatic nitrogens is 2. The van der Waals surface area contributed by atoms with E-state index in [1.807, 2.05) is 24.3 Å². The molecule has 6 heteroatoms. The number of carbonyl (C=O) groups is 1. The number of likely N-dealkylation sites (tertiary alicyclic amines) is 1. The minimum atomic E-state index is 0.169. The number of hydrogen-bond donors (Lipinski definition) is 1. The first-order chi connectivity index (χ1) is 15.8. The second kappa shape index (κ2) is 8.32. The van der Waals surface area contributed by atoms with Gasteiger partial charge < -0.3 is 10.2 Å². The van der Waals surface area contributed by atoms with Crippen LogP contribution in [0.15, 0.2) is 54.4 Å². The van der Waals surface area contributed by atoms with Gasteiger partial charge in [-0.15, -0.1) is 0 Å². The van der Waals surface area contributed by atoms with Crippen molar-refractivity contribution in [2.45, 2.75) is 50.6 Å². The van der Waals surface area contributed by atoms with Crippen molar-refractivity contribution in [2.24, 2.45) is 11.8 Å². The Morgan fingerprint density at radius 2 is 1.88 bits per heavy atom. The topological polar surface area (TPSA) is 61.4 Å². The second-order valence-electron chi connectivity index (χ2n) is 9.78. The van der Waals surface area contributed by atoms with Crippen LogP contribution < -0.4 is 5.32 Å². The first kappa shape index (κ1) is 19.9. The zero-order chi connectivity index (χ0) is 21.5. The van der Waals surface area contributed by atoms with Crippen LogP contribution in [-0.4, -0.2) is 57.4 Å². The molecule has 1 aromatic carbocycles. The number of piperidine rings is 3. The van der Waals surface area contributed by atoms with E-state index in [1.54, 1.807) is 18.5 Å². The molecule has 1 aromatic heterocycles. The van der Waals surface area contributed by atoms with Crippen LogP contribution in [0.5, 0.6) is 0 Å². The first-order valence-electron chi connectivity index (χ1n) is 12.2. The molecule has 1 amide bonds. The van der Waals surface area contributed by atoms with Crippen molar-refractivity contribution < 1.29 is 4.79 Å². The van der Waals surface area contributed by atoms with E-state index >= 15 is 0 Å². The fourth-order valence-corrected chi connectivity index (χ4v) is 6.56. The Kier molecular flexibility index (Phi) is 5.18. The smallest absolute Gasteiger partial charge is 0.254 e. The number of hydrogen-bond acceptors (Lipinski definition) is 5. The Balaban J connectivity index is 1.22. The van der Waals surface area contributed by atoms with E-state index in [2.05, 4.69) is 31.2 Å². The standard InChI is InChI=1S/C26H31N5O/c32-25(18-7-9-22(10-8-18)29-26-27-11-4-12-28-26)31-14-3-5-19-15-20-16-21(24(19)31)17-30-13-2-1-6-23(20)30/h4,7-12,15,20-21,23-24H,1-3,5-6,13-14,16-17H2,(H,27,28,29)/t20-,21+,23-,24-/m1/s1. The highest BCUT2D eigenvalue weighted by Crippen LogP contribution is 2.45. The average molecular weight is 430 g/mol. The Morgan fingerprint density at radius 3 is 2.72 bits per heavy atom. The van der Waals surface area contributed by atoms with E-state index in [1.165, 1.54) is 37.8 Å². The molecule has 6 nitrogen and oxygen atoms in total. The molecular weight excluding hydrogens is 398 g/mol. The molecule has 166 valence electrons. The van der Waals surface area contributed by atoms with E-state index in [0.717, 1.165) is 43.2 Å². The van der Waals surface area contributed by atoms with Crippen LogP contribution in [0.25, 0.3) is 0 Å². The van der Waals surface area contributed by atoms with Crippen LogP contribution in [-0.2, 0) is 0 Å². The molecule has 1 aliphatic carbocycles. The summed E-state index contributed by atoms with van der Waals surface area (Å²) in [6.07, 6.45) is 13.5. The third-order valence-electron chi connectivity index (χ3n) is 7.87. The summed E-state index contributed by atoms with van der Waals surface area (Å²) in [5, 5.41) is 3.19. The van der Waals surface area contributed by atoms with Crippen molar-refractivity contribution in [3.05, 3.63) is 59.9 Å². The molecule has 1 N–H and O–H groups in total. The lowest BCUT2D eigenvalue weighted by Gasteiger charge is -2.54. The van der Waals surface area contributed by atoms with Crippen molar-refractivity contribution in [3.63, 3.8) is 0 Å². The van der Waals surface area contributed by atoms with Gasteiger partial charge in [-0.1, -0.05) is 18.1 Å².